The first kappa shape index (κ1) is 40.4. The molecular formula is C57H33F6N3. The zero-order valence-corrected chi connectivity index (χ0v) is 34.7. The van der Waals surface area contributed by atoms with E-state index in [1.165, 1.54) is 12.1 Å². The summed E-state index contributed by atoms with van der Waals surface area (Å²) in [5.41, 5.74) is 4.60. The molecule has 11 rings (SSSR count). The zero-order valence-electron chi connectivity index (χ0n) is 34.7. The van der Waals surface area contributed by atoms with Gasteiger partial charge in [0.05, 0.1) is 56.2 Å². The fraction of sp³-hybridized carbons (Fsp3) is 0.0351. The van der Waals surface area contributed by atoms with Crippen molar-refractivity contribution in [3.05, 3.63) is 217 Å². The van der Waals surface area contributed by atoms with Gasteiger partial charge < -0.3 is 9.13 Å². The fourth-order valence-electron chi connectivity index (χ4n) is 9.61. The standard InChI is InChI=1S/C57H33F6N3/c58-56(59,60)46-20-12-21-47(57(61,62)63)55(46)39-27-30-52(65-48-22-9-7-18-41(48)43-31-37(25-28-50(43)65)35-13-3-1-4-14-35)45(33-39)54-40(34-64)17-11-24-53(54)66-49-23-10-8-19-42(49)44-32-38(26-29-51(44)66)36-15-5-2-6-16-36/h1-33H. The molecule has 0 radical (unpaired) electrons. The van der Waals surface area contributed by atoms with Gasteiger partial charge in [-0.25, -0.2) is 0 Å². The van der Waals surface area contributed by atoms with Crippen LogP contribution in [0, 0.1) is 11.3 Å². The molecule has 0 aliphatic heterocycles. The molecule has 0 N–H and O–H groups in total. The predicted octanol–water partition coefficient (Wildman–Crippen LogP) is 16.5. The highest BCUT2D eigenvalue weighted by Crippen LogP contribution is 2.48. The number of alkyl halides is 6. The third kappa shape index (κ3) is 6.60. The van der Waals surface area contributed by atoms with Gasteiger partial charge in [-0.05, 0) is 101 Å². The number of nitriles is 1. The number of halogens is 6. The largest absolute Gasteiger partial charge is 0.417 e. The van der Waals surface area contributed by atoms with Crippen LogP contribution < -0.4 is 0 Å². The van der Waals surface area contributed by atoms with E-state index in [-0.39, 0.29) is 16.7 Å². The number of hydrogen-bond donors (Lipinski definition) is 0. The predicted molar refractivity (Wildman–Crippen MR) is 252 cm³/mol. The van der Waals surface area contributed by atoms with Crippen molar-refractivity contribution in [2.45, 2.75) is 12.4 Å². The van der Waals surface area contributed by atoms with Gasteiger partial charge in [-0.1, -0.05) is 127 Å². The summed E-state index contributed by atoms with van der Waals surface area (Å²) in [5.74, 6) is 0. The Labute approximate surface area is 374 Å². The van der Waals surface area contributed by atoms with E-state index in [1.807, 2.05) is 149 Å². The van der Waals surface area contributed by atoms with Crippen molar-refractivity contribution in [2.24, 2.45) is 0 Å². The lowest BCUT2D eigenvalue weighted by Gasteiger charge is -2.23. The van der Waals surface area contributed by atoms with Gasteiger partial charge in [0.25, 0.3) is 0 Å². The second-order valence-electron chi connectivity index (χ2n) is 16.2. The monoisotopic (exact) mass is 873 g/mol. The maximum Gasteiger partial charge on any atom is 0.417 e. The van der Waals surface area contributed by atoms with Gasteiger partial charge in [0, 0.05) is 38.2 Å². The van der Waals surface area contributed by atoms with Gasteiger partial charge in [-0.2, -0.15) is 31.6 Å². The van der Waals surface area contributed by atoms with E-state index in [4.69, 9.17) is 0 Å². The number of aromatic nitrogens is 2. The van der Waals surface area contributed by atoms with Crippen molar-refractivity contribution in [2.75, 3.05) is 0 Å². The molecule has 0 saturated carbocycles. The molecule has 0 aliphatic rings. The second-order valence-corrected chi connectivity index (χ2v) is 16.2. The van der Waals surface area contributed by atoms with E-state index < -0.39 is 29.0 Å². The Morgan fingerprint density at radius 2 is 0.803 bits per heavy atom. The number of hydrogen-bond acceptors (Lipinski definition) is 1. The molecule has 66 heavy (non-hydrogen) atoms. The molecule has 0 aliphatic carbocycles. The molecule has 0 atom stereocenters. The quantitative estimate of drug-likeness (QED) is 0.153. The van der Waals surface area contributed by atoms with Gasteiger partial charge in [-0.15, -0.1) is 0 Å². The Hall–Kier alpha value is -8.35. The Morgan fingerprint density at radius 1 is 0.348 bits per heavy atom. The van der Waals surface area contributed by atoms with Crippen molar-refractivity contribution in [1.29, 1.82) is 5.26 Å². The Kier molecular flexibility index (Phi) is 9.45. The van der Waals surface area contributed by atoms with E-state index in [9.17, 15) is 31.6 Å². The van der Waals surface area contributed by atoms with Gasteiger partial charge in [-0.3, -0.25) is 0 Å². The highest BCUT2D eigenvalue weighted by atomic mass is 19.4. The summed E-state index contributed by atoms with van der Waals surface area (Å²) in [4.78, 5) is 0. The first-order valence-electron chi connectivity index (χ1n) is 21.1. The van der Waals surface area contributed by atoms with E-state index in [0.29, 0.717) is 29.1 Å². The molecule has 318 valence electrons. The van der Waals surface area contributed by atoms with Crippen molar-refractivity contribution < 1.29 is 26.3 Å². The van der Waals surface area contributed by atoms with Crippen LogP contribution in [0.25, 0.3) is 99.5 Å². The number of benzene rings is 9. The average Bonchev–Trinajstić information content (AvgIpc) is 3.85. The van der Waals surface area contributed by atoms with E-state index in [1.54, 1.807) is 18.2 Å². The third-order valence-electron chi connectivity index (χ3n) is 12.4. The summed E-state index contributed by atoms with van der Waals surface area (Å²) in [5, 5.41) is 14.6. The van der Waals surface area contributed by atoms with Crippen molar-refractivity contribution in [3.8, 4) is 62.0 Å². The van der Waals surface area contributed by atoms with Gasteiger partial charge in [0.2, 0.25) is 0 Å². The second kappa shape index (κ2) is 15.4. The average molecular weight is 874 g/mol. The molecule has 0 unspecified atom stereocenters. The van der Waals surface area contributed by atoms with Crippen LogP contribution in [0.5, 0.6) is 0 Å². The third-order valence-corrected chi connectivity index (χ3v) is 12.4. The minimum atomic E-state index is -5.13. The van der Waals surface area contributed by atoms with Gasteiger partial charge in [0.15, 0.2) is 0 Å². The van der Waals surface area contributed by atoms with E-state index in [0.717, 1.165) is 71.9 Å². The normalized spacial score (nSPS) is 12.1. The number of rotatable bonds is 6. The number of nitrogens with zero attached hydrogens (tertiary/aromatic N) is 3. The fourth-order valence-corrected chi connectivity index (χ4v) is 9.61. The summed E-state index contributed by atoms with van der Waals surface area (Å²) in [7, 11) is 0. The minimum Gasteiger partial charge on any atom is -0.309 e. The lowest BCUT2D eigenvalue weighted by atomic mass is 9.89. The molecule has 3 nitrogen and oxygen atoms in total. The van der Waals surface area contributed by atoms with Crippen LogP contribution in [0.15, 0.2) is 200 Å². The van der Waals surface area contributed by atoms with Crippen LogP contribution in [-0.2, 0) is 12.4 Å². The highest BCUT2D eigenvalue weighted by molar-refractivity contribution is 6.13. The van der Waals surface area contributed by atoms with Crippen LogP contribution in [0.4, 0.5) is 26.3 Å². The summed E-state index contributed by atoms with van der Waals surface area (Å²) < 4.78 is 93.5. The smallest absolute Gasteiger partial charge is 0.309 e. The molecule has 0 amide bonds. The Morgan fingerprint density at radius 3 is 1.32 bits per heavy atom. The molecule has 2 heterocycles. The van der Waals surface area contributed by atoms with Crippen LogP contribution in [0.2, 0.25) is 0 Å². The van der Waals surface area contributed by atoms with E-state index in [2.05, 4.69) is 18.2 Å². The zero-order chi connectivity index (χ0) is 45.3. The van der Waals surface area contributed by atoms with Gasteiger partial charge >= 0.3 is 12.4 Å². The van der Waals surface area contributed by atoms with Crippen molar-refractivity contribution >= 4 is 43.6 Å². The summed E-state index contributed by atoms with van der Waals surface area (Å²) in [6.45, 7) is 0. The lowest BCUT2D eigenvalue weighted by molar-refractivity contribution is -0.142. The molecule has 9 heteroatoms. The summed E-state index contributed by atoms with van der Waals surface area (Å²) >= 11 is 0. The SMILES string of the molecule is N#Cc1cccc(-n2c3ccccc3c3cc(-c4ccccc4)ccc32)c1-c1cc(-c2c(C(F)(F)F)cccc2C(F)(F)F)ccc1-n1c2ccccc2c2cc(-c3ccccc3)ccc21. The molecule has 0 saturated heterocycles. The Balaban J connectivity index is 1.26. The van der Waals surface area contributed by atoms with Crippen LogP contribution >= 0.6 is 0 Å². The molecule has 9 aromatic carbocycles. The van der Waals surface area contributed by atoms with Gasteiger partial charge in [0.1, 0.15) is 0 Å². The van der Waals surface area contributed by atoms with Crippen LogP contribution in [0.1, 0.15) is 16.7 Å². The Bertz CT molecular complexity index is 3710. The van der Waals surface area contributed by atoms with Crippen LogP contribution in [-0.4, -0.2) is 9.13 Å². The topological polar surface area (TPSA) is 33.6 Å². The maximum absolute atomic E-state index is 14.9. The molecular weight excluding hydrogens is 841 g/mol. The lowest BCUT2D eigenvalue weighted by Crippen LogP contribution is -2.14. The van der Waals surface area contributed by atoms with E-state index >= 15 is 0 Å². The van der Waals surface area contributed by atoms with Crippen LogP contribution in [0.3, 0.4) is 0 Å². The minimum absolute atomic E-state index is 0.171. The van der Waals surface area contributed by atoms with Crippen molar-refractivity contribution in [3.63, 3.8) is 0 Å². The first-order valence-corrected chi connectivity index (χ1v) is 21.1. The van der Waals surface area contributed by atoms with Crippen molar-refractivity contribution in [1.82, 2.24) is 9.13 Å². The number of para-hydroxylation sites is 2. The highest BCUT2D eigenvalue weighted by Gasteiger charge is 2.41. The summed E-state index contributed by atoms with van der Waals surface area (Å²) in [6, 6.07) is 61.5. The molecule has 2 aromatic heterocycles. The number of fused-ring (bicyclic) bond motifs is 6. The molecule has 0 bridgehead atoms. The maximum atomic E-state index is 14.9. The first-order chi connectivity index (χ1) is 32.0. The summed E-state index contributed by atoms with van der Waals surface area (Å²) in [6.07, 6.45) is -10.3. The molecule has 0 fully saturated rings. The molecule has 0 spiro atoms. The molecule has 11 aromatic rings.